The number of amides is 1. The zero-order chi connectivity index (χ0) is 15.9. The molecule has 1 saturated heterocycles. The van der Waals surface area contributed by atoms with Gasteiger partial charge >= 0.3 is 5.97 Å². The Kier molecular flexibility index (Phi) is 5.55. The number of hydrogen-bond donors (Lipinski definition) is 1. The topological polar surface area (TPSA) is 76.1 Å². The first-order valence-electron chi connectivity index (χ1n) is 7.07. The first-order valence-corrected chi connectivity index (χ1v) is 7.07. The fourth-order valence-corrected chi connectivity index (χ4v) is 2.31. The average molecular weight is 305 g/mol. The molecule has 1 aromatic carbocycles. The molecule has 0 radical (unpaired) electrons. The molecule has 22 heavy (non-hydrogen) atoms. The van der Waals surface area contributed by atoms with E-state index >= 15 is 0 Å². The monoisotopic (exact) mass is 305 g/mol. The molecule has 1 aromatic rings. The van der Waals surface area contributed by atoms with Crippen molar-refractivity contribution in [1.82, 2.24) is 4.90 Å². The van der Waals surface area contributed by atoms with Gasteiger partial charge in [0.15, 0.2) is 0 Å². The minimum atomic E-state index is -0.936. The number of carboxylic acid groups (broad SMARTS) is 1. The molecule has 1 aliphatic rings. The van der Waals surface area contributed by atoms with Gasteiger partial charge in [-0.05, 0) is 12.1 Å². The highest BCUT2D eigenvalue weighted by Gasteiger charge is 2.27. The second-order valence-electron chi connectivity index (χ2n) is 4.94. The fourth-order valence-electron chi connectivity index (χ4n) is 2.31. The molecule has 6 nitrogen and oxygen atoms in total. The van der Waals surface area contributed by atoms with Gasteiger partial charge in [-0.3, -0.25) is 9.59 Å². The van der Waals surface area contributed by atoms with Crippen LogP contribution in [0, 0.1) is 0 Å². The molecule has 1 heterocycles. The number of hydrogen-bond acceptors (Lipinski definition) is 4. The van der Waals surface area contributed by atoms with Gasteiger partial charge in [-0.1, -0.05) is 24.8 Å². The summed E-state index contributed by atoms with van der Waals surface area (Å²) >= 11 is 0. The van der Waals surface area contributed by atoms with Crippen LogP contribution in [0.3, 0.4) is 0 Å². The molecule has 0 aromatic heterocycles. The van der Waals surface area contributed by atoms with Crippen LogP contribution >= 0.6 is 0 Å². The minimum Gasteiger partial charge on any atom is -0.489 e. The molecule has 0 spiro atoms. The highest BCUT2D eigenvalue weighted by Crippen LogP contribution is 2.21. The van der Waals surface area contributed by atoms with Gasteiger partial charge < -0.3 is 19.5 Å². The molecular formula is C16H19NO5. The van der Waals surface area contributed by atoms with Crippen molar-refractivity contribution in [3.63, 3.8) is 0 Å². The van der Waals surface area contributed by atoms with E-state index < -0.39 is 12.1 Å². The van der Waals surface area contributed by atoms with Crippen LogP contribution in [0.4, 0.5) is 0 Å². The van der Waals surface area contributed by atoms with Crippen molar-refractivity contribution in [1.29, 1.82) is 0 Å². The maximum absolute atomic E-state index is 12.6. The first-order chi connectivity index (χ1) is 10.6. The standard InChI is InChI=1S/C16H19NO5/c1-2-8-22-14-6-4-3-5-13(14)16(20)17-7-9-21-12(11-17)10-15(18)19/h2-6,12H,1,7-11H2,(H,18,19). The SMILES string of the molecule is C=CCOc1ccccc1C(=O)N1CCOC(CC(=O)O)C1. The van der Waals surface area contributed by atoms with E-state index in [4.69, 9.17) is 14.6 Å². The number of ether oxygens (including phenoxy) is 2. The van der Waals surface area contributed by atoms with E-state index in [1.54, 1.807) is 35.2 Å². The third-order valence-electron chi connectivity index (χ3n) is 3.30. The molecule has 1 N–H and O–H groups in total. The number of morpholine rings is 1. The second-order valence-corrected chi connectivity index (χ2v) is 4.94. The maximum atomic E-state index is 12.6. The number of carbonyl (C=O) groups is 2. The van der Waals surface area contributed by atoms with E-state index in [1.165, 1.54) is 0 Å². The zero-order valence-electron chi connectivity index (χ0n) is 12.2. The van der Waals surface area contributed by atoms with Crippen LogP contribution in [0.2, 0.25) is 0 Å². The van der Waals surface area contributed by atoms with Gasteiger partial charge in [0.2, 0.25) is 0 Å². The van der Waals surface area contributed by atoms with Gasteiger partial charge in [-0.25, -0.2) is 0 Å². The lowest BCUT2D eigenvalue weighted by Crippen LogP contribution is -2.46. The van der Waals surface area contributed by atoms with E-state index in [1.807, 2.05) is 0 Å². The van der Waals surface area contributed by atoms with Crippen LogP contribution in [0.5, 0.6) is 5.75 Å². The lowest BCUT2D eigenvalue weighted by molar-refractivity contribution is -0.141. The van der Waals surface area contributed by atoms with Crippen LogP contribution in [-0.4, -0.2) is 54.3 Å². The van der Waals surface area contributed by atoms with Crippen molar-refractivity contribution >= 4 is 11.9 Å². The largest absolute Gasteiger partial charge is 0.489 e. The predicted molar refractivity (Wildman–Crippen MR) is 80.0 cm³/mol. The fraction of sp³-hybridized carbons (Fsp3) is 0.375. The van der Waals surface area contributed by atoms with Crippen molar-refractivity contribution in [2.24, 2.45) is 0 Å². The normalized spacial score (nSPS) is 17.8. The average Bonchev–Trinajstić information content (AvgIpc) is 2.52. The number of carboxylic acids is 1. The lowest BCUT2D eigenvalue weighted by atomic mass is 10.1. The number of nitrogens with zero attached hydrogens (tertiary/aromatic N) is 1. The maximum Gasteiger partial charge on any atom is 0.306 e. The Labute approximate surface area is 128 Å². The van der Waals surface area contributed by atoms with Crippen molar-refractivity contribution in [3.8, 4) is 5.75 Å². The summed E-state index contributed by atoms with van der Waals surface area (Å²) in [5.41, 5.74) is 0.459. The van der Waals surface area contributed by atoms with Crippen LogP contribution in [0.1, 0.15) is 16.8 Å². The third kappa shape index (κ3) is 4.08. The van der Waals surface area contributed by atoms with Gasteiger partial charge in [-0.2, -0.15) is 0 Å². The number of carbonyl (C=O) groups excluding carboxylic acids is 1. The minimum absolute atomic E-state index is 0.113. The summed E-state index contributed by atoms with van der Waals surface area (Å²) in [5, 5.41) is 8.84. The molecule has 2 rings (SSSR count). The quantitative estimate of drug-likeness (QED) is 0.807. The zero-order valence-corrected chi connectivity index (χ0v) is 12.2. The molecule has 0 saturated carbocycles. The number of para-hydroxylation sites is 1. The van der Waals surface area contributed by atoms with E-state index in [9.17, 15) is 9.59 Å². The summed E-state index contributed by atoms with van der Waals surface area (Å²) in [6, 6.07) is 6.99. The van der Waals surface area contributed by atoms with Crippen molar-refractivity contribution < 1.29 is 24.2 Å². The van der Waals surface area contributed by atoms with Crippen LogP contribution < -0.4 is 4.74 Å². The summed E-state index contributed by atoms with van der Waals surface area (Å²) in [5.74, 6) is -0.624. The Morgan fingerprint density at radius 1 is 1.45 bits per heavy atom. The third-order valence-corrected chi connectivity index (χ3v) is 3.30. The predicted octanol–water partition coefficient (Wildman–Crippen LogP) is 1.57. The molecular weight excluding hydrogens is 286 g/mol. The molecule has 1 amide bonds. The van der Waals surface area contributed by atoms with Gasteiger partial charge in [-0.15, -0.1) is 0 Å². The van der Waals surface area contributed by atoms with Gasteiger partial charge in [0.1, 0.15) is 12.4 Å². The van der Waals surface area contributed by atoms with Crippen LogP contribution in [-0.2, 0) is 9.53 Å². The van der Waals surface area contributed by atoms with E-state index in [-0.39, 0.29) is 18.9 Å². The number of rotatable bonds is 6. The number of aliphatic carboxylic acids is 1. The molecule has 1 fully saturated rings. The summed E-state index contributed by atoms with van der Waals surface area (Å²) in [7, 11) is 0. The van der Waals surface area contributed by atoms with Crippen molar-refractivity contribution in [2.45, 2.75) is 12.5 Å². The van der Waals surface area contributed by atoms with Crippen LogP contribution in [0.25, 0.3) is 0 Å². The van der Waals surface area contributed by atoms with E-state index in [0.717, 1.165) is 0 Å². The molecule has 1 aliphatic heterocycles. The van der Waals surface area contributed by atoms with Gasteiger partial charge in [0.05, 0.1) is 24.7 Å². The Morgan fingerprint density at radius 3 is 2.95 bits per heavy atom. The Balaban J connectivity index is 2.10. The Bertz CT molecular complexity index is 557. The summed E-state index contributed by atoms with van der Waals surface area (Å²) in [6.45, 7) is 4.93. The molecule has 0 aliphatic carbocycles. The van der Waals surface area contributed by atoms with Crippen molar-refractivity contribution in [2.75, 3.05) is 26.3 Å². The highest BCUT2D eigenvalue weighted by atomic mass is 16.5. The van der Waals surface area contributed by atoms with Gasteiger partial charge in [0.25, 0.3) is 5.91 Å². The van der Waals surface area contributed by atoms with Crippen LogP contribution in [0.15, 0.2) is 36.9 Å². The molecule has 0 bridgehead atoms. The highest BCUT2D eigenvalue weighted by molar-refractivity contribution is 5.97. The summed E-state index contributed by atoms with van der Waals surface area (Å²) in [4.78, 5) is 25.0. The molecule has 6 heteroatoms. The second kappa shape index (κ2) is 7.61. The summed E-state index contributed by atoms with van der Waals surface area (Å²) < 4.78 is 10.9. The van der Waals surface area contributed by atoms with Crippen molar-refractivity contribution in [3.05, 3.63) is 42.5 Å². The molecule has 118 valence electrons. The van der Waals surface area contributed by atoms with E-state index in [0.29, 0.717) is 31.1 Å². The first kappa shape index (κ1) is 16.0. The van der Waals surface area contributed by atoms with Gasteiger partial charge in [0, 0.05) is 13.1 Å². The molecule has 1 atom stereocenters. The Hall–Kier alpha value is -2.34. The number of benzene rings is 1. The smallest absolute Gasteiger partial charge is 0.306 e. The summed E-state index contributed by atoms with van der Waals surface area (Å²) in [6.07, 6.45) is 1.02. The Morgan fingerprint density at radius 2 is 2.23 bits per heavy atom. The molecule has 1 unspecified atom stereocenters. The lowest BCUT2D eigenvalue weighted by Gasteiger charge is -2.32. The van der Waals surface area contributed by atoms with E-state index in [2.05, 4.69) is 6.58 Å².